The summed E-state index contributed by atoms with van der Waals surface area (Å²) in [6.45, 7) is 6.53. The Hall–Kier alpha value is -0.330. The summed E-state index contributed by atoms with van der Waals surface area (Å²) >= 11 is 0. The van der Waals surface area contributed by atoms with Crippen molar-refractivity contribution in [2.45, 2.75) is 46.5 Å². The molecule has 0 bridgehead atoms. The Bertz CT molecular complexity index is 158. The van der Waals surface area contributed by atoms with Gasteiger partial charge in [-0.25, -0.2) is 0 Å². The normalized spacial score (nSPS) is 27.7. The molecule has 1 fully saturated rings. The average Bonchev–Trinajstić information content (AvgIpc) is 2.78. The van der Waals surface area contributed by atoms with Crippen LogP contribution in [0.4, 0.5) is 0 Å². The summed E-state index contributed by atoms with van der Waals surface area (Å²) in [5.41, 5.74) is 0. The maximum absolute atomic E-state index is 11.5. The molecule has 1 aliphatic carbocycles. The second-order valence-corrected chi connectivity index (χ2v) is 4.17. The van der Waals surface area contributed by atoms with Gasteiger partial charge >= 0.3 is 0 Å². The smallest absolute Gasteiger partial charge is 0.136 e. The molecule has 2 unspecified atom stereocenters. The lowest BCUT2D eigenvalue weighted by atomic mass is 9.95. The summed E-state index contributed by atoms with van der Waals surface area (Å²) in [6.07, 6.45) is 4.30. The quantitative estimate of drug-likeness (QED) is 0.616. The van der Waals surface area contributed by atoms with Gasteiger partial charge in [-0.3, -0.25) is 4.79 Å². The van der Waals surface area contributed by atoms with Gasteiger partial charge in [0.05, 0.1) is 0 Å². The van der Waals surface area contributed by atoms with Crippen molar-refractivity contribution in [1.29, 1.82) is 0 Å². The third-order valence-corrected chi connectivity index (χ3v) is 3.17. The summed E-state index contributed by atoms with van der Waals surface area (Å²) in [5, 5.41) is 0. The molecule has 1 aliphatic rings. The number of Topliss-reactive ketones (excluding diaryl/α,β-unsaturated/α-hetero) is 1. The van der Waals surface area contributed by atoms with Crippen molar-refractivity contribution in [3.8, 4) is 0 Å². The van der Waals surface area contributed by atoms with Gasteiger partial charge in [0.1, 0.15) is 5.78 Å². The van der Waals surface area contributed by atoms with Crippen LogP contribution in [-0.2, 0) is 4.79 Å². The molecule has 0 aliphatic heterocycles. The number of carbonyl (C=O) groups excluding carboxylic acids is 1. The van der Waals surface area contributed by atoms with Crippen molar-refractivity contribution in [2.24, 2.45) is 17.8 Å². The van der Waals surface area contributed by atoms with Crippen LogP contribution in [0.3, 0.4) is 0 Å². The van der Waals surface area contributed by atoms with Gasteiger partial charge in [0.15, 0.2) is 0 Å². The molecule has 0 amide bonds. The molecule has 1 nitrogen and oxygen atoms in total. The predicted octanol–water partition coefficient (Wildman–Crippen LogP) is 3.04. The van der Waals surface area contributed by atoms with Gasteiger partial charge in [0, 0.05) is 12.3 Å². The molecule has 0 aromatic carbocycles. The monoisotopic (exact) mass is 168 g/mol. The molecule has 0 heterocycles. The van der Waals surface area contributed by atoms with Crippen LogP contribution in [0.2, 0.25) is 0 Å². The van der Waals surface area contributed by atoms with Crippen LogP contribution >= 0.6 is 0 Å². The van der Waals surface area contributed by atoms with E-state index in [1.807, 2.05) is 0 Å². The Kier molecular flexibility index (Phi) is 3.30. The third kappa shape index (κ3) is 2.33. The van der Waals surface area contributed by atoms with Gasteiger partial charge in [0.25, 0.3) is 0 Å². The van der Waals surface area contributed by atoms with E-state index in [0.29, 0.717) is 23.5 Å². The first-order valence-electron chi connectivity index (χ1n) is 5.21. The Balaban J connectivity index is 2.25. The van der Waals surface area contributed by atoms with E-state index in [0.717, 1.165) is 25.7 Å². The van der Waals surface area contributed by atoms with Crippen LogP contribution in [-0.4, -0.2) is 5.78 Å². The second-order valence-electron chi connectivity index (χ2n) is 4.17. The van der Waals surface area contributed by atoms with Crippen molar-refractivity contribution >= 4 is 5.78 Å². The lowest BCUT2D eigenvalue weighted by molar-refractivity contribution is -0.121. The fraction of sp³-hybridized carbons (Fsp3) is 0.909. The first-order valence-corrected chi connectivity index (χ1v) is 5.21. The third-order valence-electron chi connectivity index (χ3n) is 3.17. The Morgan fingerprint density at radius 3 is 2.25 bits per heavy atom. The van der Waals surface area contributed by atoms with Gasteiger partial charge in [0.2, 0.25) is 0 Å². The number of hydrogen-bond donors (Lipinski definition) is 0. The molecule has 0 aromatic heterocycles. The molecule has 0 aromatic rings. The summed E-state index contributed by atoms with van der Waals surface area (Å²) in [5.74, 6) is 2.29. The number of ketones is 1. The minimum atomic E-state index is 0.436. The molecule has 0 radical (unpaired) electrons. The SMILES string of the molecule is CCC(CC)CC(=O)C1CC1C. The van der Waals surface area contributed by atoms with E-state index in [1.165, 1.54) is 0 Å². The molecular weight excluding hydrogens is 148 g/mol. The maximum atomic E-state index is 11.5. The molecule has 0 N–H and O–H groups in total. The summed E-state index contributed by atoms with van der Waals surface area (Å²) in [7, 11) is 0. The van der Waals surface area contributed by atoms with Crippen molar-refractivity contribution in [1.82, 2.24) is 0 Å². The Labute approximate surface area is 75.5 Å². The summed E-state index contributed by atoms with van der Waals surface area (Å²) in [4.78, 5) is 11.5. The molecule has 0 saturated heterocycles. The number of hydrogen-bond acceptors (Lipinski definition) is 1. The van der Waals surface area contributed by atoms with Gasteiger partial charge in [-0.05, 0) is 18.3 Å². The standard InChI is InChI=1S/C11H20O/c1-4-9(5-2)7-11(12)10-6-8(10)3/h8-10H,4-7H2,1-3H3. The Morgan fingerprint density at radius 1 is 1.42 bits per heavy atom. The van der Waals surface area contributed by atoms with E-state index >= 15 is 0 Å². The van der Waals surface area contributed by atoms with Crippen molar-refractivity contribution in [3.63, 3.8) is 0 Å². The zero-order valence-electron chi connectivity index (χ0n) is 8.47. The zero-order valence-corrected chi connectivity index (χ0v) is 8.47. The summed E-state index contributed by atoms with van der Waals surface area (Å²) < 4.78 is 0. The largest absolute Gasteiger partial charge is 0.299 e. The van der Waals surface area contributed by atoms with Gasteiger partial charge in [-0.1, -0.05) is 33.6 Å². The van der Waals surface area contributed by atoms with Crippen LogP contribution in [0, 0.1) is 17.8 Å². The molecule has 1 heteroatoms. The zero-order chi connectivity index (χ0) is 9.14. The lowest BCUT2D eigenvalue weighted by Crippen LogP contribution is -2.09. The minimum Gasteiger partial charge on any atom is -0.299 e. The first kappa shape index (κ1) is 9.76. The van der Waals surface area contributed by atoms with Crippen LogP contribution in [0.15, 0.2) is 0 Å². The molecule has 1 rings (SSSR count). The molecule has 12 heavy (non-hydrogen) atoms. The highest BCUT2D eigenvalue weighted by molar-refractivity contribution is 5.83. The van der Waals surface area contributed by atoms with Gasteiger partial charge in [-0.15, -0.1) is 0 Å². The van der Waals surface area contributed by atoms with E-state index < -0.39 is 0 Å². The molecule has 2 atom stereocenters. The molecular formula is C11H20O. The average molecular weight is 168 g/mol. The highest BCUT2D eigenvalue weighted by atomic mass is 16.1. The van der Waals surface area contributed by atoms with Crippen LogP contribution in [0.1, 0.15) is 46.5 Å². The topological polar surface area (TPSA) is 17.1 Å². The van der Waals surface area contributed by atoms with Gasteiger partial charge in [-0.2, -0.15) is 0 Å². The van der Waals surface area contributed by atoms with E-state index in [9.17, 15) is 4.79 Å². The van der Waals surface area contributed by atoms with E-state index in [-0.39, 0.29) is 0 Å². The highest BCUT2D eigenvalue weighted by Crippen LogP contribution is 2.40. The van der Waals surface area contributed by atoms with Crippen LogP contribution in [0.5, 0.6) is 0 Å². The number of carbonyl (C=O) groups is 1. The molecule has 1 saturated carbocycles. The van der Waals surface area contributed by atoms with Crippen molar-refractivity contribution in [3.05, 3.63) is 0 Å². The fourth-order valence-corrected chi connectivity index (χ4v) is 1.78. The van der Waals surface area contributed by atoms with Gasteiger partial charge < -0.3 is 0 Å². The first-order chi connectivity index (χ1) is 5.69. The highest BCUT2D eigenvalue weighted by Gasteiger charge is 2.38. The molecule has 70 valence electrons. The van der Waals surface area contributed by atoms with Crippen LogP contribution in [0.25, 0.3) is 0 Å². The minimum absolute atomic E-state index is 0.436. The van der Waals surface area contributed by atoms with E-state index in [1.54, 1.807) is 0 Å². The lowest BCUT2D eigenvalue weighted by Gasteiger charge is -2.10. The van der Waals surface area contributed by atoms with E-state index in [4.69, 9.17) is 0 Å². The fourth-order valence-electron chi connectivity index (χ4n) is 1.78. The summed E-state index contributed by atoms with van der Waals surface area (Å²) in [6, 6.07) is 0. The van der Waals surface area contributed by atoms with Crippen molar-refractivity contribution in [2.75, 3.05) is 0 Å². The van der Waals surface area contributed by atoms with Crippen molar-refractivity contribution < 1.29 is 4.79 Å². The maximum Gasteiger partial charge on any atom is 0.136 e. The predicted molar refractivity (Wildman–Crippen MR) is 51.0 cm³/mol. The van der Waals surface area contributed by atoms with Crippen LogP contribution < -0.4 is 0 Å². The second kappa shape index (κ2) is 4.06. The molecule has 0 spiro atoms. The van der Waals surface area contributed by atoms with E-state index in [2.05, 4.69) is 20.8 Å². The number of rotatable bonds is 5. The Morgan fingerprint density at radius 2 is 1.92 bits per heavy atom.